The van der Waals surface area contributed by atoms with E-state index in [0.717, 1.165) is 24.3 Å². The third kappa shape index (κ3) is 5.24. The molecule has 0 saturated carbocycles. The van der Waals surface area contributed by atoms with Crippen LogP contribution >= 0.6 is 0 Å². The largest absolute Gasteiger partial charge is 0.497 e. The monoisotopic (exact) mass is 340 g/mol. The van der Waals surface area contributed by atoms with Crippen molar-refractivity contribution in [3.05, 3.63) is 59.7 Å². The number of hydrogen-bond acceptors (Lipinski definition) is 2. The van der Waals surface area contributed by atoms with Crippen molar-refractivity contribution < 1.29 is 9.53 Å². The van der Waals surface area contributed by atoms with E-state index < -0.39 is 0 Å². The van der Waals surface area contributed by atoms with E-state index >= 15 is 0 Å². The van der Waals surface area contributed by atoms with E-state index in [9.17, 15) is 4.79 Å². The van der Waals surface area contributed by atoms with Gasteiger partial charge < -0.3 is 15.0 Å². The van der Waals surface area contributed by atoms with Gasteiger partial charge in [0.2, 0.25) is 0 Å². The molecular weight excluding hydrogens is 312 g/mol. The quantitative estimate of drug-likeness (QED) is 0.791. The molecule has 2 aromatic rings. The second-order valence-corrected chi connectivity index (χ2v) is 6.17. The maximum absolute atomic E-state index is 12.7. The first-order valence-electron chi connectivity index (χ1n) is 8.86. The van der Waals surface area contributed by atoms with E-state index in [1.807, 2.05) is 54.3 Å². The number of ether oxygens (including phenoxy) is 1. The Kier molecular flexibility index (Phi) is 6.87. The Morgan fingerprint density at radius 3 is 2.44 bits per heavy atom. The third-order valence-electron chi connectivity index (χ3n) is 4.41. The number of nitrogens with zero attached hydrogens (tertiary/aromatic N) is 1. The summed E-state index contributed by atoms with van der Waals surface area (Å²) in [4.78, 5) is 14.5. The normalized spacial score (nSPS) is 11.7. The maximum Gasteiger partial charge on any atom is 0.322 e. The number of likely N-dealkylation sites (N-methyl/N-ethyl adjacent to an activating group) is 1. The molecule has 0 saturated heterocycles. The molecule has 1 atom stereocenters. The van der Waals surface area contributed by atoms with Gasteiger partial charge in [0.25, 0.3) is 0 Å². The van der Waals surface area contributed by atoms with E-state index in [-0.39, 0.29) is 12.1 Å². The number of carbonyl (C=O) groups excluding carboxylic acids is 1. The molecule has 1 N–H and O–H groups in total. The molecule has 25 heavy (non-hydrogen) atoms. The van der Waals surface area contributed by atoms with Crippen molar-refractivity contribution >= 4 is 11.7 Å². The van der Waals surface area contributed by atoms with Crippen LogP contribution in [0.2, 0.25) is 0 Å². The Labute approximate surface area is 150 Å². The Balaban J connectivity index is 2.01. The summed E-state index contributed by atoms with van der Waals surface area (Å²) in [6, 6.07) is 16.1. The number of urea groups is 1. The number of nitrogens with one attached hydrogen (secondary N) is 1. The lowest BCUT2D eigenvalue weighted by molar-refractivity contribution is 0.196. The molecule has 0 bridgehead atoms. The van der Waals surface area contributed by atoms with Gasteiger partial charge in [0.05, 0.1) is 7.11 Å². The molecule has 2 amide bonds. The lowest BCUT2D eigenvalue weighted by Gasteiger charge is -2.28. The zero-order valence-corrected chi connectivity index (χ0v) is 15.6. The Bertz CT molecular complexity index is 683. The van der Waals surface area contributed by atoms with Crippen molar-refractivity contribution in [2.75, 3.05) is 19.0 Å². The van der Waals surface area contributed by atoms with Crippen LogP contribution in [0.5, 0.6) is 5.75 Å². The summed E-state index contributed by atoms with van der Waals surface area (Å²) >= 11 is 0. The fourth-order valence-electron chi connectivity index (χ4n) is 2.93. The lowest BCUT2D eigenvalue weighted by atomic mass is 10.1. The summed E-state index contributed by atoms with van der Waals surface area (Å²) in [7, 11) is 1.66. The second-order valence-electron chi connectivity index (χ2n) is 6.17. The summed E-state index contributed by atoms with van der Waals surface area (Å²) in [5.74, 6) is 0.845. The molecule has 0 radical (unpaired) electrons. The number of aryl methyl sites for hydroxylation is 1. The molecule has 0 aliphatic carbocycles. The third-order valence-corrected chi connectivity index (χ3v) is 4.41. The van der Waals surface area contributed by atoms with Crippen LogP contribution in [-0.4, -0.2) is 30.6 Å². The van der Waals surface area contributed by atoms with Gasteiger partial charge in [-0.25, -0.2) is 4.79 Å². The van der Waals surface area contributed by atoms with Crippen molar-refractivity contribution in [3.8, 4) is 5.75 Å². The zero-order chi connectivity index (χ0) is 18.2. The second kappa shape index (κ2) is 9.11. The highest BCUT2D eigenvalue weighted by Crippen LogP contribution is 2.16. The van der Waals surface area contributed by atoms with Gasteiger partial charge in [-0.15, -0.1) is 0 Å². The topological polar surface area (TPSA) is 41.6 Å². The summed E-state index contributed by atoms with van der Waals surface area (Å²) < 4.78 is 5.19. The predicted octanol–water partition coefficient (Wildman–Crippen LogP) is 4.74. The Hall–Kier alpha value is -2.49. The van der Waals surface area contributed by atoms with Crippen LogP contribution in [0, 0.1) is 0 Å². The summed E-state index contributed by atoms with van der Waals surface area (Å²) in [6.07, 6.45) is 1.76. The Morgan fingerprint density at radius 1 is 1.12 bits per heavy atom. The predicted molar refractivity (Wildman–Crippen MR) is 103 cm³/mol. The van der Waals surface area contributed by atoms with E-state index in [1.165, 1.54) is 11.1 Å². The highest BCUT2D eigenvalue weighted by Gasteiger charge is 2.19. The van der Waals surface area contributed by atoms with Crippen molar-refractivity contribution in [2.24, 2.45) is 0 Å². The fourth-order valence-corrected chi connectivity index (χ4v) is 2.93. The van der Waals surface area contributed by atoms with E-state index in [2.05, 4.69) is 25.2 Å². The van der Waals surface area contributed by atoms with Gasteiger partial charge in [-0.3, -0.25) is 0 Å². The van der Waals surface area contributed by atoms with Gasteiger partial charge in [-0.1, -0.05) is 31.2 Å². The first-order chi connectivity index (χ1) is 12.1. The summed E-state index contributed by atoms with van der Waals surface area (Å²) in [5.41, 5.74) is 3.25. The van der Waals surface area contributed by atoms with Crippen molar-refractivity contribution in [1.29, 1.82) is 0 Å². The summed E-state index contributed by atoms with van der Waals surface area (Å²) in [6.45, 7) is 6.86. The number of rotatable bonds is 7. The van der Waals surface area contributed by atoms with Gasteiger partial charge in [0.1, 0.15) is 5.75 Å². The molecule has 4 heteroatoms. The molecule has 0 unspecified atom stereocenters. The molecule has 134 valence electrons. The number of amides is 2. The molecule has 0 aliphatic heterocycles. The average molecular weight is 340 g/mol. The number of hydrogen-bond donors (Lipinski definition) is 1. The van der Waals surface area contributed by atoms with Crippen LogP contribution in [0.3, 0.4) is 0 Å². The number of anilines is 1. The van der Waals surface area contributed by atoms with Crippen LogP contribution in [0.15, 0.2) is 48.5 Å². The van der Waals surface area contributed by atoms with Gasteiger partial charge in [0.15, 0.2) is 0 Å². The minimum absolute atomic E-state index is 0.0586. The van der Waals surface area contributed by atoms with E-state index in [0.29, 0.717) is 6.54 Å². The standard InChI is InChI=1S/C21H28N2O2/c1-5-17-8-7-9-19(15-17)22-21(24)23(6-2)16(3)14-18-10-12-20(25-4)13-11-18/h7-13,15-16H,5-6,14H2,1-4H3,(H,22,24)/t16-/m1/s1. The highest BCUT2D eigenvalue weighted by atomic mass is 16.5. The number of carbonyl (C=O) groups is 1. The smallest absolute Gasteiger partial charge is 0.322 e. The fraction of sp³-hybridized carbons (Fsp3) is 0.381. The van der Waals surface area contributed by atoms with Crippen molar-refractivity contribution in [3.63, 3.8) is 0 Å². The molecular formula is C21H28N2O2. The molecule has 0 heterocycles. The van der Waals surface area contributed by atoms with Crippen LogP contribution in [0.1, 0.15) is 31.9 Å². The SMILES string of the molecule is CCc1cccc(NC(=O)N(CC)[C@H](C)Cc2ccc(OC)cc2)c1. The summed E-state index contributed by atoms with van der Waals surface area (Å²) in [5, 5.41) is 3.02. The van der Waals surface area contributed by atoms with Crippen LogP contribution in [-0.2, 0) is 12.8 Å². The average Bonchev–Trinajstić information content (AvgIpc) is 2.63. The van der Waals surface area contributed by atoms with Gasteiger partial charge in [-0.05, 0) is 62.1 Å². The highest BCUT2D eigenvalue weighted by molar-refractivity contribution is 5.89. The van der Waals surface area contributed by atoms with Crippen molar-refractivity contribution in [1.82, 2.24) is 4.90 Å². The van der Waals surface area contributed by atoms with E-state index in [1.54, 1.807) is 7.11 Å². The van der Waals surface area contributed by atoms with Gasteiger partial charge in [0, 0.05) is 18.3 Å². The van der Waals surface area contributed by atoms with E-state index in [4.69, 9.17) is 4.74 Å². The van der Waals surface area contributed by atoms with Gasteiger partial charge >= 0.3 is 6.03 Å². The maximum atomic E-state index is 12.7. The first kappa shape index (κ1) is 18.8. The van der Waals surface area contributed by atoms with Gasteiger partial charge in [-0.2, -0.15) is 0 Å². The lowest BCUT2D eigenvalue weighted by Crippen LogP contribution is -2.42. The first-order valence-corrected chi connectivity index (χ1v) is 8.86. The molecule has 2 aromatic carbocycles. The van der Waals surface area contributed by atoms with Crippen LogP contribution < -0.4 is 10.1 Å². The molecule has 0 aromatic heterocycles. The molecule has 4 nitrogen and oxygen atoms in total. The number of methoxy groups -OCH3 is 1. The minimum Gasteiger partial charge on any atom is -0.497 e. The van der Waals surface area contributed by atoms with Crippen molar-refractivity contribution in [2.45, 2.75) is 39.7 Å². The van der Waals surface area contributed by atoms with Crippen LogP contribution in [0.25, 0.3) is 0 Å². The molecule has 0 fully saturated rings. The molecule has 2 rings (SSSR count). The molecule has 0 aliphatic rings. The molecule has 0 spiro atoms. The minimum atomic E-state index is -0.0586. The number of benzene rings is 2. The Morgan fingerprint density at radius 2 is 1.84 bits per heavy atom. The van der Waals surface area contributed by atoms with Crippen LogP contribution in [0.4, 0.5) is 10.5 Å². The zero-order valence-electron chi connectivity index (χ0n) is 15.6.